The summed E-state index contributed by atoms with van der Waals surface area (Å²) >= 11 is 6.97. The zero-order chi connectivity index (χ0) is 21.0. The Morgan fingerprint density at radius 3 is 2.66 bits per heavy atom. The van der Waals surface area contributed by atoms with E-state index in [9.17, 15) is 13.6 Å². The number of aryl methyl sites for hydroxylation is 1. The second-order valence-electron chi connectivity index (χ2n) is 5.90. The molecule has 0 atom stereocenters. The summed E-state index contributed by atoms with van der Waals surface area (Å²) in [7, 11) is 0. The van der Waals surface area contributed by atoms with E-state index in [4.69, 9.17) is 17.4 Å². The number of ether oxygens (including phenoxy) is 1. The Bertz CT molecular complexity index is 1010. The van der Waals surface area contributed by atoms with E-state index in [2.05, 4.69) is 20.3 Å². The van der Waals surface area contributed by atoms with Crippen LogP contribution in [-0.2, 0) is 4.79 Å². The summed E-state index contributed by atoms with van der Waals surface area (Å²) in [4.78, 5) is 12.2. The predicted molar refractivity (Wildman–Crippen MR) is 108 cm³/mol. The van der Waals surface area contributed by atoms with E-state index in [1.165, 1.54) is 22.9 Å². The first-order valence-electron chi connectivity index (χ1n) is 8.28. The molecule has 1 heterocycles. The maximum atomic E-state index is 12.3. The van der Waals surface area contributed by atoms with Crippen LogP contribution in [0.15, 0.2) is 47.6 Å². The number of anilines is 1. The van der Waals surface area contributed by atoms with Gasteiger partial charge in [-0.1, -0.05) is 53.2 Å². The van der Waals surface area contributed by atoms with Gasteiger partial charge >= 0.3 is 6.61 Å². The first-order chi connectivity index (χ1) is 13.8. The van der Waals surface area contributed by atoms with Crippen molar-refractivity contribution < 1.29 is 18.3 Å². The summed E-state index contributed by atoms with van der Waals surface area (Å²) in [6.45, 7) is -1.01. The number of rotatable bonds is 7. The maximum Gasteiger partial charge on any atom is 0.387 e. The number of nitrogens with zero attached hydrogens (tertiary/aromatic N) is 3. The Labute approximate surface area is 174 Å². The van der Waals surface area contributed by atoms with Crippen molar-refractivity contribution in [2.75, 3.05) is 16.9 Å². The van der Waals surface area contributed by atoms with Gasteiger partial charge in [0.25, 0.3) is 0 Å². The minimum absolute atomic E-state index is 0.0101. The molecule has 0 saturated carbocycles. The zero-order valence-electron chi connectivity index (χ0n) is 15.1. The lowest BCUT2D eigenvalue weighted by molar-refractivity contribution is -0.113. The number of halogens is 3. The molecule has 0 radical (unpaired) electrons. The molecule has 11 heteroatoms. The Kier molecular flexibility index (Phi) is 6.55. The van der Waals surface area contributed by atoms with Crippen molar-refractivity contribution in [3.63, 3.8) is 0 Å². The molecule has 0 aliphatic carbocycles. The van der Waals surface area contributed by atoms with Gasteiger partial charge in [0.2, 0.25) is 11.1 Å². The lowest BCUT2D eigenvalue weighted by Gasteiger charge is -2.09. The molecular weight excluding hydrogens is 424 g/mol. The number of hydrogen-bond acceptors (Lipinski definition) is 6. The fourth-order valence-electron chi connectivity index (χ4n) is 2.37. The van der Waals surface area contributed by atoms with Gasteiger partial charge in [-0.2, -0.15) is 8.78 Å². The van der Waals surface area contributed by atoms with Gasteiger partial charge in [0.15, 0.2) is 5.82 Å². The molecule has 152 valence electrons. The highest BCUT2D eigenvalue weighted by Crippen LogP contribution is 2.29. The molecular formula is C18H16ClF2N5O2S. The molecule has 29 heavy (non-hydrogen) atoms. The van der Waals surface area contributed by atoms with E-state index in [0.717, 1.165) is 22.9 Å². The summed E-state index contributed by atoms with van der Waals surface area (Å²) < 4.78 is 30.1. The van der Waals surface area contributed by atoms with E-state index in [-0.39, 0.29) is 22.4 Å². The van der Waals surface area contributed by atoms with Gasteiger partial charge in [-0.15, -0.1) is 10.2 Å². The van der Waals surface area contributed by atoms with Gasteiger partial charge < -0.3 is 15.9 Å². The first kappa shape index (κ1) is 20.9. The smallest absolute Gasteiger partial charge is 0.387 e. The second-order valence-corrected chi connectivity index (χ2v) is 7.25. The summed E-state index contributed by atoms with van der Waals surface area (Å²) in [6, 6.07) is 11.6. The van der Waals surface area contributed by atoms with Gasteiger partial charge in [-0.05, 0) is 25.1 Å². The van der Waals surface area contributed by atoms with Crippen molar-refractivity contribution in [2.24, 2.45) is 0 Å². The average Bonchev–Trinajstić information content (AvgIpc) is 3.03. The molecule has 0 fully saturated rings. The molecule has 0 saturated heterocycles. The molecule has 0 aliphatic heterocycles. The third kappa shape index (κ3) is 5.36. The first-order valence-corrected chi connectivity index (χ1v) is 9.64. The van der Waals surface area contributed by atoms with Crippen LogP contribution in [0.3, 0.4) is 0 Å². The van der Waals surface area contributed by atoms with E-state index in [1.807, 2.05) is 31.2 Å². The topological polar surface area (TPSA) is 95.1 Å². The van der Waals surface area contributed by atoms with Crippen molar-refractivity contribution in [2.45, 2.75) is 18.7 Å². The number of thioether (sulfide) groups is 1. The van der Waals surface area contributed by atoms with Crippen molar-refractivity contribution in [3.05, 3.63) is 53.1 Å². The maximum absolute atomic E-state index is 12.3. The predicted octanol–water partition coefficient (Wildman–Crippen LogP) is 3.95. The number of alkyl halides is 2. The third-order valence-corrected chi connectivity index (χ3v) is 4.98. The lowest BCUT2D eigenvalue weighted by Crippen LogP contribution is -2.16. The summed E-state index contributed by atoms with van der Waals surface area (Å²) in [5.41, 5.74) is 2.26. The normalized spacial score (nSPS) is 10.9. The van der Waals surface area contributed by atoms with E-state index in [1.54, 1.807) is 0 Å². The molecule has 7 nitrogen and oxygen atoms in total. The molecule has 2 aromatic carbocycles. The quantitative estimate of drug-likeness (QED) is 0.427. The molecule has 3 N–H and O–H groups in total. The van der Waals surface area contributed by atoms with Crippen LogP contribution in [0.4, 0.5) is 14.5 Å². The van der Waals surface area contributed by atoms with Crippen LogP contribution in [0.1, 0.15) is 5.56 Å². The summed E-state index contributed by atoms with van der Waals surface area (Å²) in [6.07, 6.45) is 0. The van der Waals surface area contributed by atoms with Crippen LogP contribution in [-0.4, -0.2) is 33.1 Å². The second kappa shape index (κ2) is 9.10. The fraction of sp³-hybridized carbons (Fsp3) is 0.167. The minimum Gasteiger partial charge on any atom is -0.433 e. The number of nitrogens with two attached hydrogens (primary N) is 1. The van der Waals surface area contributed by atoms with Crippen LogP contribution < -0.4 is 15.9 Å². The van der Waals surface area contributed by atoms with Crippen LogP contribution in [0.25, 0.3) is 11.4 Å². The summed E-state index contributed by atoms with van der Waals surface area (Å²) in [5.74, 6) is 6.00. The lowest BCUT2D eigenvalue weighted by atomic mass is 10.1. The van der Waals surface area contributed by atoms with Crippen LogP contribution in [0.5, 0.6) is 5.75 Å². The Balaban J connectivity index is 1.60. The van der Waals surface area contributed by atoms with Gasteiger partial charge in [-0.3, -0.25) is 4.79 Å². The largest absolute Gasteiger partial charge is 0.433 e. The number of amides is 1. The number of carbonyl (C=O) groups is 1. The number of benzene rings is 2. The number of nitrogens with one attached hydrogen (secondary N) is 1. The van der Waals surface area contributed by atoms with Crippen molar-refractivity contribution in [3.8, 4) is 17.1 Å². The van der Waals surface area contributed by atoms with Gasteiger partial charge in [0.1, 0.15) is 5.75 Å². The molecule has 3 aromatic rings. The van der Waals surface area contributed by atoms with Crippen LogP contribution in [0, 0.1) is 6.92 Å². The molecule has 1 amide bonds. The van der Waals surface area contributed by atoms with Crippen molar-refractivity contribution in [1.82, 2.24) is 14.9 Å². The van der Waals surface area contributed by atoms with E-state index in [0.29, 0.717) is 16.7 Å². The Morgan fingerprint density at radius 1 is 1.28 bits per heavy atom. The molecule has 0 bridgehead atoms. The zero-order valence-corrected chi connectivity index (χ0v) is 16.7. The van der Waals surface area contributed by atoms with Crippen LogP contribution in [0.2, 0.25) is 5.02 Å². The molecule has 0 spiro atoms. The van der Waals surface area contributed by atoms with Gasteiger partial charge in [0.05, 0.1) is 10.8 Å². The summed E-state index contributed by atoms with van der Waals surface area (Å²) in [5, 5.41) is 11.0. The third-order valence-electron chi connectivity index (χ3n) is 3.74. The number of hydrogen-bond donors (Lipinski definition) is 2. The SMILES string of the molecule is Cc1ccc(-c2nnc(SCC(=O)Nc3ccc(OC(F)F)c(Cl)c3)n2N)cc1. The highest BCUT2D eigenvalue weighted by molar-refractivity contribution is 7.99. The van der Waals surface area contributed by atoms with Gasteiger partial charge in [-0.25, -0.2) is 4.68 Å². The number of carbonyl (C=O) groups excluding carboxylic acids is 1. The number of nitrogen functional groups attached to an aromatic ring is 1. The van der Waals surface area contributed by atoms with Crippen LogP contribution >= 0.6 is 23.4 Å². The van der Waals surface area contributed by atoms with Crippen molar-refractivity contribution in [1.29, 1.82) is 0 Å². The van der Waals surface area contributed by atoms with Crippen molar-refractivity contribution >= 4 is 35.0 Å². The monoisotopic (exact) mass is 439 g/mol. The Hall–Kier alpha value is -2.85. The number of aromatic nitrogens is 3. The molecule has 0 unspecified atom stereocenters. The molecule has 3 rings (SSSR count). The molecule has 0 aliphatic rings. The fourth-order valence-corrected chi connectivity index (χ4v) is 3.25. The minimum atomic E-state index is -2.98. The highest BCUT2D eigenvalue weighted by atomic mass is 35.5. The van der Waals surface area contributed by atoms with E-state index < -0.39 is 6.61 Å². The Morgan fingerprint density at radius 2 is 2.00 bits per heavy atom. The molecule has 1 aromatic heterocycles. The standard InChI is InChI=1S/C18H16ClF2N5O2S/c1-10-2-4-11(5-3-10)16-24-25-18(26(16)22)29-9-15(27)23-12-6-7-14(13(19)8-12)28-17(20)21/h2-8,17H,9,22H2,1H3,(H,23,27). The van der Waals surface area contributed by atoms with E-state index >= 15 is 0 Å². The van der Waals surface area contributed by atoms with Gasteiger partial charge in [0, 0.05) is 11.3 Å². The average molecular weight is 440 g/mol. The highest BCUT2D eigenvalue weighted by Gasteiger charge is 2.15.